The number of ether oxygens (including phenoxy) is 1. The minimum Gasteiger partial charge on any atom is -0.381 e. The molecule has 0 N–H and O–H groups in total. The highest BCUT2D eigenvalue weighted by molar-refractivity contribution is 5.14. The predicted octanol–water partition coefficient (Wildman–Crippen LogP) is 2.82. The van der Waals surface area contributed by atoms with Crippen molar-refractivity contribution >= 4 is 0 Å². The highest BCUT2D eigenvalue weighted by Crippen LogP contribution is 2.13. The molecule has 1 radical (unpaired) electrons. The number of hydrogen-bond acceptors (Lipinski definition) is 2. The average Bonchev–Trinajstić information content (AvgIpc) is 2.25. The Morgan fingerprint density at radius 1 is 1.43 bits per heavy atom. The summed E-state index contributed by atoms with van der Waals surface area (Å²) >= 11 is 0. The van der Waals surface area contributed by atoms with E-state index < -0.39 is 0 Å². The molecule has 0 saturated carbocycles. The van der Waals surface area contributed by atoms with Crippen molar-refractivity contribution in [3.05, 3.63) is 37.0 Å². The first-order chi connectivity index (χ1) is 6.84. The van der Waals surface area contributed by atoms with Gasteiger partial charge >= 0.3 is 0 Å². The van der Waals surface area contributed by atoms with E-state index in [1.165, 1.54) is 5.56 Å². The molecule has 0 aliphatic heterocycles. The van der Waals surface area contributed by atoms with E-state index in [4.69, 9.17) is 4.74 Å². The normalized spacial score (nSPS) is 12.7. The number of pyridine rings is 1. The van der Waals surface area contributed by atoms with E-state index in [0.717, 1.165) is 26.1 Å². The number of hydrogen-bond donors (Lipinski definition) is 0. The molecule has 1 aromatic heterocycles. The van der Waals surface area contributed by atoms with Gasteiger partial charge in [0.1, 0.15) is 0 Å². The highest BCUT2D eigenvalue weighted by atomic mass is 16.5. The van der Waals surface area contributed by atoms with E-state index in [1.54, 1.807) is 0 Å². The maximum absolute atomic E-state index is 5.53. The Kier molecular flexibility index (Phi) is 5.23. The lowest BCUT2D eigenvalue weighted by molar-refractivity contribution is 0.121. The van der Waals surface area contributed by atoms with Crippen LogP contribution in [0.15, 0.2) is 24.5 Å². The van der Waals surface area contributed by atoms with Crippen molar-refractivity contribution in [2.75, 3.05) is 13.2 Å². The van der Waals surface area contributed by atoms with Crippen molar-refractivity contribution < 1.29 is 4.74 Å². The molecule has 0 bridgehead atoms. The minimum atomic E-state index is 0.447. The van der Waals surface area contributed by atoms with E-state index in [-0.39, 0.29) is 0 Å². The van der Waals surface area contributed by atoms with Crippen molar-refractivity contribution in [3.8, 4) is 0 Å². The van der Waals surface area contributed by atoms with Gasteiger partial charge in [0.2, 0.25) is 0 Å². The molecule has 2 heteroatoms. The quantitative estimate of drug-likeness (QED) is 0.646. The molecule has 77 valence electrons. The second-order valence-electron chi connectivity index (χ2n) is 3.46. The zero-order chi connectivity index (χ0) is 10.2. The van der Waals surface area contributed by atoms with Gasteiger partial charge in [-0.2, -0.15) is 0 Å². The van der Waals surface area contributed by atoms with Gasteiger partial charge in [-0.05, 0) is 24.1 Å². The highest BCUT2D eigenvalue weighted by Gasteiger charge is 2.04. The fourth-order valence-electron chi connectivity index (χ4n) is 1.25. The third kappa shape index (κ3) is 3.88. The Bertz CT molecular complexity index is 235. The van der Waals surface area contributed by atoms with Gasteiger partial charge in [0, 0.05) is 24.9 Å². The molecule has 0 saturated heterocycles. The zero-order valence-corrected chi connectivity index (χ0v) is 8.78. The first kappa shape index (κ1) is 11.2. The lowest BCUT2D eigenvalue weighted by atomic mass is 10.0. The van der Waals surface area contributed by atoms with Crippen LogP contribution in [0, 0.1) is 6.92 Å². The number of unbranched alkanes of at least 4 members (excludes halogenated alkanes) is 1. The van der Waals surface area contributed by atoms with Gasteiger partial charge in [-0.3, -0.25) is 4.98 Å². The van der Waals surface area contributed by atoms with Gasteiger partial charge in [0.05, 0.1) is 6.61 Å². The van der Waals surface area contributed by atoms with Crippen LogP contribution in [0.1, 0.15) is 31.2 Å². The second kappa shape index (κ2) is 6.55. The summed E-state index contributed by atoms with van der Waals surface area (Å²) in [7, 11) is 0. The van der Waals surface area contributed by atoms with Crippen molar-refractivity contribution in [2.45, 2.75) is 25.7 Å². The van der Waals surface area contributed by atoms with E-state index in [9.17, 15) is 0 Å². The monoisotopic (exact) mass is 192 g/mol. The number of nitrogens with zero attached hydrogens (tertiary/aromatic N) is 1. The molecule has 0 fully saturated rings. The molecular formula is C12H18NO. The minimum absolute atomic E-state index is 0.447. The largest absolute Gasteiger partial charge is 0.381 e. The lowest BCUT2D eigenvalue weighted by Crippen LogP contribution is -2.05. The van der Waals surface area contributed by atoms with Gasteiger partial charge in [-0.25, -0.2) is 0 Å². The molecule has 2 nitrogen and oxygen atoms in total. The van der Waals surface area contributed by atoms with Crippen LogP contribution < -0.4 is 0 Å². The Morgan fingerprint density at radius 3 is 2.79 bits per heavy atom. The topological polar surface area (TPSA) is 22.1 Å². The molecule has 0 aliphatic rings. The Labute approximate surface area is 86.3 Å². The van der Waals surface area contributed by atoms with Gasteiger partial charge in [0.25, 0.3) is 0 Å². The fraction of sp³-hybridized carbons (Fsp3) is 0.500. The molecule has 0 amide bonds. The molecule has 14 heavy (non-hydrogen) atoms. The van der Waals surface area contributed by atoms with Crippen molar-refractivity contribution in [1.29, 1.82) is 0 Å². The summed E-state index contributed by atoms with van der Waals surface area (Å²) < 4.78 is 5.53. The third-order valence-corrected chi connectivity index (χ3v) is 2.18. The van der Waals surface area contributed by atoms with Crippen LogP contribution in [0.4, 0.5) is 0 Å². The van der Waals surface area contributed by atoms with Gasteiger partial charge in [-0.15, -0.1) is 0 Å². The second-order valence-corrected chi connectivity index (χ2v) is 3.46. The predicted molar refractivity (Wildman–Crippen MR) is 58.1 cm³/mol. The summed E-state index contributed by atoms with van der Waals surface area (Å²) in [5, 5.41) is 0. The van der Waals surface area contributed by atoms with Crippen LogP contribution in [-0.2, 0) is 4.74 Å². The molecule has 1 heterocycles. The van der Waals surface area contributed by atoms with Crippen LogP contribution in [0.5, 0.6) is 0 Å². The summed E-state index contributed by atoms with van der Waals surface area (Å²) in [5.74, 6) is 0.447. The van der Waals surface area contributed by atoms with E-state index in [1.807, 2.05) is 24.5 Å². The molecular weight excluding hydrogens is 174 g/mol. The smallest absolute Gasteiger partial charge is 0.0532 e. The summed E-state index contributed by atoms with van der Waals surface area (Å²) in [4.78, 5) is 3.99. The van der Waals surface area contributed by atoms with E-state index in [0.29, 0.717) is 5.92 Å². The molecule has 0 aromatic carbocycles. The molecule has 1 atom stereocenters. The van der Waals surface area contributed by atoms with Gasteiger partial charge in [-0.1, -0.05) is 20.3 Å². The Morgan fingerprint density at radius 2 is 2.14 bits per heavy atom. The average molecular weight is 192 g/mol. The summed E-state index contributed by atoms with van der Waals surface area (Å²) in [6, 6.07) is 4.07. The Balaban J connectivity index is 2.25. The molecule has 1 rings (SSSR count). The molecule has 1 aromatic rings. The van der Waals surface area contributed by atoms with E-state index >= 15 is 0 Å². The van der Waals surface area contributed by atoms with Crippen LogP contribution in [-0.4, -0.2) is 18.2 Å². The maximum atomic E-state index is 5.53. The van der Waals surface area contributed by atoms with Gasteiger partial charge in [0.15, 0.2) is 0 Å². The number of aromatic nitrogens is 1. The summed E-state index contributed by atoms with van der Waals surface area (Å²) in [5.41, 5.74) is 1.29. The first-order valence-corrected chi connectivity index (χ1v) is 5.11. The molecule has 1 unspecified atom stereocenters. The SMILES string of the molecule is [CH2]CCCOCC(C)c1ccncc1. The van der Waals surface area contributed by atoms with Gasteiger partial charge < -0.3 is 4.74 Å². The van der Waals surface area contributed by atoms with E-state index in [2.05, 4.69) is 18.8 Å². The lowest BCUT2D eigenvalue weighted by Gasteiger charge is -2.11. The van der Waals surface area contributed by atoms with Crippen LogP contribution >= 0.6 is 0 Å². The van der Waals surface area contributed by atoms with Crippen LogP contribution in [0.25, 0.3) is 0 Å². The standard InChI is InChI=1S/C12H18NO/c1-3-4-9-14-10-11(2)12-5-7-13-8-6-12/h5-8,11H,1,3-4,9-10H2,2H3. The summed E-state index contributed by atoms with van der Waals surface area (Å²) in [6.07, 6.45) is 5.64. The van der Waals surface area contributed by atoms with Crippen molar-refractivity contribution in [1.82, 2.24) is 4.98 Å². The van der Waals surface area contributed by atoms with Crippen LogP contribution in [0.3, 0.4) is 0 Å². The zero-order valence-electron chi connectivity index (χ0n) is 8.78. The van der Waals surface area contributed by atoms with Crippen molar-refractivity contribution in [2.24, 2.45) is 0 Å². The fourth-order valence-corrected chi connectivity index (χ4v) is 1.25. The molecule has 0 aliphatic carbocycles. The van der Waals surface area contributed by atoms with Crippen molar-refractivity contribution in [3.63, 3.8) is 0 Å². The first-order valence-electron chi connectivity index (χ1n) is 5.11. The molecule has 0 spiro atoms. The maximum Gasteiger partial charge on any atom is 0.0532 e. The third-order valence-electron chi connectivity index (χ3n) is 2.18. The summed E-state index contributed by atoms with van der Waals surface area (Å²) in [6.45, 7) is 7.54. The number of rotatable bonds is 6. The Hall–Kier alpha value is -0.890. The van der Waals surface area contributed by atoms with Crippen LogP contribution in [0.2, 0.25) is 0 Å².